The molecular formula is C24H25N5O2. The van der Waals surface area contributed by atoms with Gasteiger partial charge in [-0.2, -0.15) is 5.10 Å². The first-order chi connectivity index (χ1) is 15.2. The number of nitrogens with one attached hydrogen (secondary N) is 2. The molecule has 3 heterocycles. The van der Waals surface area contributed by atoms with E-state index in [0.717, 1.165) is 49.6 Å². The molecule has 31 heavy (non-hydrogen) atoms. The molecule has 2 aromatic carbocycles. The van der Waals surface area contributed by atoms with Crippen LogP contribution >= 0.6 is 0 Å². The number of carbonyl (C=O) groups excluding carboxylic acids is 1. The standard InChI is InChI=1S/C24H25N5O2/c30-24(20-14-26-29(17-20)15-18-4-2-1-3-5-18)27-21-6-7-22-19(13-25-23(22)12-21)16-28-8-10-31-11-9-28/h1-7,12-14,17,25H,8-11,15-16H2,(H,27,30). The average molecular weight is 415 g/mol. The van der Waals surface area contributed by atoms with E-state index in [1.807, 2.05) is 42.5 Å². The molecule has 2 N–H and O–H groups in total. The lowest BCUT2D eigenvalue weighted by Gasteiger charge is -2.26. The predicted molar refractivity (Wildman–Crippen MR) is 120 cm³/mol. The van der Waals surface area contributed by atoms with Crippen LogP contribution in [0.5, 0.6) is 0 Å². The molecule has 158 valence electrons. The summed E-state index contributed by atoms with van der Waals surface area (Å²) >= 11 is 0. The second-order valence-corrected chi connectivity index (χ2v) is 7.83. The minimum Gasteiger partial charge on any atom is -0.379 e. The Bertz CT molecular complexity index is 1180. The summed E-state index contributed by atoms with van der Waals surface area (Å²) in [5.41, 5.74) is 4.71. The van der Waals surface area contributed by atoms with Gasteiger partial charge in [0.05, 0.1) is 31.5 Å². The molecule has 7 nitrogen and oxygen atoms in total. The molecule has 0 aliphatic carbocycles. The van der Waals surface area contributed by atoms with E-state index < -0.39 is 0 Å². The summed E-state index contributed by atoms with van der Waals surface area (Å²) in [5, 5.41) is 8.48. The molecule has 0 radical (unpaired) electrons. The Morgan fingerprint density at radius 2 is 1.94 bits per heavy atom. The summed E-state index contributed by atoms with van der Waals surface area (Å²) in [6.45, 7) is 5.03. The number of morpholine rings is 1. The Morgan fingerprint density at radius 1 is 1.10 bits per heavy atom. The Morgan fingerprint density at radius 3 is 2.77 bits per heavy atom. The summed E-state index contributed by atoms with van der Waals surface area (Å²) in [7, 11) is 0. The van der Waals surface area contributed by atoms with Crippen molar-refractivity contribution in [3.63, 3.8) is 0 Å². The number of amides is 1. The van der Waals surface area contributed by atoms with Crippen LogP contribution in [0.3, 0.4) is 0 Å². The number of hydrogen-bond acceptors (Lipinski definition) is 4. The van der Waals surface area contributed by atoms with E-state index in [-0.39, 0.29) is 5.91 Å². The number of benzene rings is 2. The normalized spacial score (nSPS) is 14.7. The van der Waals surface area contributed by atoms with Crippen LogP contribution in [-0.2, 0) is 17.8 Å². The molecule has 0 spiro atoms. The molecule has 1 saturated heterocycles. The molecule has 5 rings (SSSR count). The SMILES string of the molecule is O=C(Nc1ccc2c(CN3CCOCC3)c[nH]c2c1)c1cnn(Cc2ccccc2)c1. The van der Waals surface area contributed by atoms with Crippen LogP contribution in [0.2, 0.25) is 0 Å². The number of nitrogens with zero attached hydrogens (tertiary/aromatic N) is 3. The Hall–Kier alpha value is -3.42. The van der Waals surface area contributed by atoms with Gasteiger partial charge in [-0.25, -0.2) is 0 Å². The van der Waals surface area contributed by atoms with Gasteiger partial charge in [0.15, 0.2) is 0 Å². The first-order valence-electron chi connectivity index (χ1n) is 10.5. The lowest BCUT2D eigenvalue weighted by molar-refractivity contribution is 0.0343. The number of hydrogen-bond donors (Lipinski definition) is 2. The highest BCUT2D eigenvalue weighted by atomic mass is 16.5. The van der Waals surface area contributed by atoms with Crippen LogP contribution in [-0.4, -0.2) is 51.9 Å². The fraction of sp³-hybridized carbons (Fsp3) is 0.250. The summed E-state index contributed by atoms with van der Waals surface area (Å²) in [4.78, 5) is 18.4. The van der Waals surface area contributed by atoms with E-state index >= 15 is 0 Å². The molecule has 7 heteroatoms. The number of aromatic nitrogens is 3. The topological polar surface area (TPSA) is 75.2 Å². The molecule has 2 aromatic heterocycles. The maximum absolute atomic E-state index is 12.7. The monoisotopic (exact) mass is 415 g/mol. The van der Waals surface area contributed by atoms with Crippen LogP contribution in [0.15, 0.2) is 67.1 Å². The molecular weight excluding hydrogens is 390 g/mol. The maximum atomic E-state index is 12.7. The molecule has 1 amide bonds. The quantitative estimate of drug-likeness (QED) is 0.505. The second kappa shape index (κ2) is 8.75. The lowest BCUT2D eigenvalue weighted by Crippen LogP contribution is -2.35. The van der Waals surface area contributed by atoms with Crippen molar-refractivity contribution in [1.82, 2.24) is 19.7 Å². The fourth-order valence-electron chi connectivity index (χ4n) is 3.94. The van der Waals surface area contributed by atoms with Crippen molar-refractivity contribution in [3.05, 3.63) is 83.8 Å². The largest absolute Gasteiger partial charge is 0.379 e. The first kappa shape index (κ1) is 19.5. The van der Waals surface area contributed by atoms with E-state index in [2.05, 4.69) is 32.6 Å². The van der Waals surface area contributed by atoms with E-state index in [1.165, 1.54) is 10.9 Å². The molecule has 0 unspecified atom stereocenters. The van der Waals surface area contributed by atoms with Crippen molar-refractivity contribution in [2.24, 2.45) is 0 Å². The third-order valence-corrected chi connectivity index (χ3v) is 5.61. The van der Waals surface area contributed by atoms with Crippen LogP contribution in [0.1, 0.15) is 21.5 Å². The van der Waals surface area contributed by atoms with Crippen molar-refractivity contribution in [2.45, 2.75) is 13.1 Å². The van der Waals surface area contributed by atoms with E-state index in [1.54, 1.807) is 17.1 Å². The molecule has 1 aliphatic rings. The van der Waals surface area contributed by atoms with Gasteiger partial charge in [-0.1, -0.05) is 36.4 Å². The number of rotatable bonds is 6. The highest BCUT2D eigenvalue weighted by Crippen LogP contribution is 2.24. The Kier molecular flexibility index (Phi) is 5.52. The molecule has 0 saturated carbocycles. The van der Waals surface area contributed by atoms with Crippen LogP contribution in [0.25, 0.3) is 10.9 Å². The molecule has 1 fully saturated rings. The van der Waals surface area contributed by atoms with Gasteiger partial charge < -0.3 is 15.0 Å². The fourth-order valence-corrected chi connectivity index (χ4v) is 3.94. The Labute approximate surface area is 180 Å². The number of aromatic amines is 1. The summed E-state index contributed by atoms with van der Waals surface area (Å²) < 4.78 is 7.21. The third-order valence-electron chi connectivity index (χ3n) is 5.61. The summed E-state index contributed by atoms with van der Waals surface area (Å²) in [6, 6.07) is 16.1. The van der Waals surface area contributed by atoms with Crippen molar-refractivity contribution in [2.75, 3.05) is 31.6 Å². The second-order valence-electron chi connectivity index (χ2n) is 7.83. The zero-order valence-corrected chi connectivity index (χ0v) is 17.3. The number of ether oxygens (including phenoxy) is 1. The van der Waals surface area contributed by atoms with Gasteiger partial charge in [-0.15, -0.1) is 0 Å². The minimum atomic E-state index is -0.168. The Balaban J connectivity index is 1.25. The van der Waals surface area contributed by atoms with Gasteiger partial charge in [0, 0.05) is 48.6 Å². The van der Waals surface area contributed by atoms with Gasteiger partial charge in [0.25, 0.3) is 5.91 Å². The van der Waals surface area contributed by atoms with Crippen molar-refractivity contribution >= 4 is 22.5 Å². The van der Waals surface area contributed by atoms with Gasteiger partial charge in [0.1, 0.15) is 0 Å². The molecule has 0 bridgehead atoms. The molecule has 0 atom stereocenters. The molecule has 1 aliphatic heterocycles. The van der Waals surface area contributed by atoms with Gasteiger partial charge >= 0.3 is 0 Å². The smallest absolute Gasteiger partial charge is 0.258 e. The van der Waals surface area contributed by atoms with E-state index in [0.29, 0.717) is 12.1 Å². The van der Waals surface area contributed by atoms with Crippen molar-refractivity contribution < 1.29 is 9.53 Å². The zero-order valence-electron chi connectivity index (χ0n) is 17.3. The van der Waals surface area contributed by atoms with Gasteiger partial charge in [-0.05, 0) is 23.3 Å². The van der Waals surface area contributed by atoms with Gasteiger partial charge in [0.2, 0.25) is 0 Å². The zero-order chi connectivity index (χ0) is 21.0. The maximum Gasteiger partial charge on any atom is 0.258 e. The number of fused-ring (bicyclic) bond motifs is 1. The average Bonchev–Trinajstić information content (AvgIpc) is 3.42. The highest BCUT2D eigenvalue weighted by Gasteiger charge is 2.14. The summed E-state index contributed by atoms with van der Waals surface area (Å²) in [5.74, 6) is -0.168. The van der Waals surface area contributed by atoms with Gasteiger partial charge in [-0.3, -0.25) is 14.4 Å². The third kappa shape index (κ3) is 4.52. The van der Waals surface area contributed by atoms with Crippen LogP contribution < -0.4 is 5.32 Å². The van der Waals surface area contributed by atoms with Crippen molar-refractivity contribution in [1.29, 1.82) is 0 Å². The summed E-state index contributed by atoms with van der Waals surface area (Å²) in [6.07, 6.45) is 5.43. The molecule has 4 aromatic rings. The number of anilines is 1. The number of H-pyrrole nitrogens is 1. The predicted octanol–water partition coefficient (Wildman–Crippen LogP) is 3.50. The highest BCUT2D eigenvalue weighted by molar-refractivity contribution is 6.04. The van der Waals surface area contributed by atoms with Crippen LogP contribution in [0.4, 0.5) is 5.69 Å². The van der Waals surface area contributed by atoms with Crippen LogP contribution in [0, 0.1) is 0 Å². The minimum absolute atomic E-state index is 0.168. The van der Waals surface area contributed by atoms with E-state index in [4.69, 9.17) is 4.74 Å². The van der Waals surface area contributed by atoms with Crippen molar-refractivity contribution in [3.8, 4) is 0 Å². The first-order valence-corrected chi connectivity index (χ1v) is 10.5. The number of carbonyl (C=O) groups is 1. The lowest BCUT2D eigenvalue weighted by atomic mass is 10.1. The van der Waals surface area contributed by atoms with E-state index in [9.17, 15) is 4.79 Å².